The second-order valence-electron chi connectivity index (χ2n) is 4.38. The maximum Gasteiger partial charge on any atom is 0.303 e. The Bertz CT molecular complexity index is 317. The van der Waals surface area contributed by atoms with Crippen LogP contribution >= 0.6 is 0 Å². The quantitative estimate of drug-likeness (QED) is 0.470. The zero-order valence-electron chi connectivity index (χ0n) is 10.9. The molecular weight excluding hydrogens is 238 g/mol. The number of carbonyl (C=O) groups excluding carboxylic acids is 2. The summed E-state index contributed by atoms with van der Waals surface area (Å²) in [4.78, 5) is 33.6. The van der Waals surface area contributed by atoms with E-state index >= 15 is 0 Å². The summed E-state index contributed by atoms with van der Waals surface area (Å²) >= 11 is 0. The number of hydrogen-bond donors (Lipinski definition) is 4. The van der Waals surface area contributed by atoms with Gasteiger partial charge in [-0.15, -0.1) is 0 Å². The van der Waals surface area contributed by atoms with E-state index in [2.05, 4.69) is 10.6 Å². The molecule has 18 heavy (non-hydrogen) atoms. The normalized spacial score (nSPS) is 13.8. The molecule has 2 amide bonds. The molecule has 0 spiro atoms. The zero-order chi connectivity index (χ0) is 14.3. The fraction of sp³-hybridized carbons (Fsp3) is 0.727. The van der Waals surface area contributed by atoms with Crippen LogP contribution in [0, 0.1) is 5.92 Å². The van der Waals surface area contributed by atoms with Crippen molar-refractivity contribution in [2.45, 2.75) is 38.8 Å². The number of amides is 2. The van der Waals surface area contributed by atoms with Gasteiger partial charge in [-0.05, 0) is 12.3 Å². The molecule has 0 bridgehead atoms. The van der Waals surface area contributed by atoms with Crippen molar-refractivity contribution in [1.82, 2.24) is 10.6 Å². The lowest BCUT2D eigenvalue weighted by Gasteiger charge is -2.22. The Morgan fingerprint density at radius 2 is 1.78 bits per heavy atom. The summed E-state index contributed by atoms with van der Waals surface area (Å²) < 4.78 is 0. The van der Waals surface area contributed by atoms with Gasteiger partial charge in [-0.3, -0.25) is 14.4 Å². The Hall–Kier alpha value is -1.63. The highest BCUT2D eigenvalue weighted by Crippen LogP contribution is 2.03. The Morgan fingerprint density at radius 1 is 1.22 bits per heavy atom. The summed E-state index contributed by atoms with van der Waals surface area (Å²) in [6.45, 7) is 3.59. The van der Waals surface area contributed by atoms with Crippen molar-refractivity contribution >= 4 is 17.8 Å². The fourth-order valence-electron chi connectivity index (χ4n) is 1.36. The topological polar surface area (TPSA) is 122 Å². The monoisotopic (exact) mass is 259 g/mol. The van der Waals surface area contributed by atoms with Gasteiger partial charge in [0.1, 0.15) is 6.04 Å². The van der Waals surface area contributed by atoms with Crippen LogP contribution < -0.4 is 16.4 Å². The lowest BCUT2D eigenvalue weighted by atomic mass is 10.0. The SMILES string of the molecule is CNC(=O)[C@@H](NC(=O)C(N)CCC(=O)O)C(C)C. The standard InChI is InChI=1S/C11H21N3O4/c1-6(2)9(11(18)13-3)14-10(17)7(12)4-5-8(15)16/h6-7,9H,4-5,12H2,1-3H3,(H,13,18)(H,14,17)(H,15,16)/t7?,9-/m0/s1. The molecule has 0 aliphatic carbocycles. The number of carboxylic acid groups (broad SMARTS) is 1. The van der Waals surface area contributed by atoms with Crippen LogP contribution in [0.3, 0.4) is 0 Å². The van der Waals surface area contributed by atoms with Crippen LogP contribution in [0.2, 0.25) is 0 Å². The number of rotatable bonds is 7. The molecule has 0 aromatic carbocycles. The first-order valence-electron chi connectivity index (χ1n) is 5.79. The van der Waals surface area contributed by atoms with Crippen molar-refractivity contribution in [2.75, 3.05) is 7.05 Å². The van der Waals surface area contributed by atoms with E-state index in [1.54, 1.807) is 13.8 Å². The number of hydrogen-bond acceptors (Lipinski definition) is 4. The molecule has 0 aliphatic rings. The second-order valence-corrected chi connectivity index (χ2v) is 4.38. The van der Waals surface area contributed by atoms with Crippen LogP contribution in [0.4, 0.5) is 0 Å². The first-order valence-corrected chi connectivity index (χ1v) is 5.79. The third-order valence-corrected chi connectivity index (χ3v) is 2.50. The molecular formula is C11H21N3O4. The van der Waals surface area contributed by atoms with Crippen molar-refractivity contribution in [2.24, 2.45) is 11.7 Å². The van der Waals surface area contributed by atoms with Crippen molar-refractivity contribution in [3.05, 3.63) is 0 Å². The number of nitrogens with two attached hydrogens (primary N) is 1. The van der Waals surface area contributed by atoms with Crippen LogP contribution in [-0.2, 0) is 14.4 Å². The summed E-state index contributed by atoms with van der Waals surface area (Å²) in [5, 5.41) is 13.5. The van der Waals surface area contributed by atoms with Gasteiger partial charge in [0.25, 0.3) is 0 Å². The third kappa shape index (κ3) is 5.62. The van der Waals surface area contributed by atoms with E-state index in [-0.39, 0.29) is 24.7 Å². The predicted octanol–water partition coefficient (Wildman–Crippen LogP) is -0.935. The molecule has 0 saturated carbocycles. The number of likely N-dealkylation sites (N-methyl/N-ethyl adjacent to an activating group) is 1. The van der Waals surface area contributed by atoms with Crippen LogP contribution in [0.25, 0.3) is 0 Å². The van der Waals surface area contributed by atoms with Crippen LogP contribution in [-0.4, -0.2) is 42.0 Å². The van der Waals surface area contributed by atoms with E-state index in [4.69, 9.17) is 10.8 Å². The van der Waals surface area contributed by atoms with Gasteiger partial charge in [0.15, 0.2) is 0 Å². The Kier molecular flexibility index (Phi) is 6.96. The van der Waals surface area contributed by atoms with Crippen LogP contribution in [0.5, 0.6) is 0 Å². The Labute approximate surface area is 106 Å². The van der Waals surface area contributed by atoms with Gasteiger partial charge in [-0.1, -0.05) is 13.8 Å². The zero-order valence-corrected chi connectivity index (χ0v) is 10.9. The van der Waals surface area contributed by atoms with Crippen molar-refractivity contribution in [1.29, 1.82) is 0 Å². The van der Waals surface area contributed by atoms with Gasteiger partial charge >= 0.3 is 5.97 Å². The van der Waals surface area contributed by atoms with Gasteiger partial charge < -0.3 is 21.5 Å². The molecule has 7 nitrogen and oxygen atoms in total. The summed E-state index contributed by atoms with van der Waals surface area (Å²) in [6.07, 6.45) is -0.138. The van der Waals surface area contributed by atoms with Gasteiger partial charge in [-0.2, -0.15) is 0 Å². The Morgan fingerprint density at radius 3 is 2.17 bits per heavy atom. The van der Waals surface area contributed by atoms with Crippen LogP contribution in [0.1, 0.15) is 26.7 Å². The second kappa shape index (κ2) is 7.65. The molecule has 104 valence electrons. The summed E-state index contributed by atoms with van der Waals surface area (Å²) in [5.74, 6) is -1.91. The molecule has 7 heteroatoms. The minimum absolute atomic E-state index is 0.0414. The summed E-state index contributed by atoms with van der Waals surface area (Å²) in [6, 6.07) is -1.59. The van der Waals surface area contributed by atoms with Gasteiger partial charge in [0.05, 0.1) is 6.04 Å². The average Bonchev–Trinajstić information content (AvgIpc) is 2.30. The number of aliphatic carboxylic acids is 1. The molecule has 0 radical (unpaired) electrons. The maximum absolute atomic E-state index is 11.7. The van der Waals surface area contributed by atoms with Gasteiger partial charge in [-0.25, -0.2) is 0 Å². The molecule has 0 fully saturated rings. The van der Waals surface area contributed by atoms with Crippen molar-refractivity contribution in [3.8, 4) is 0 Å². The summed E-state index contributed by atoms with van der Waals surface area (Å²) in [7, 11) is 1.48. The first kappa shape index (κ1) is 16.4. The van der Waals surface area contributed by atoms with E-state index < -0.39 is 24.0 Å². The lowest BCUT2D eigenvalue weighted by Crippen LogP contribution is -2.53. The van der Waals surface area contributed by atoms with Crippen LogP contribution in [0.15, 0.2) is 0 Å². The molecule has 2 atom stereocenters. The minimum atomic E-state index is -1.01. The minimum Gasteiger partial charge on any atom is -0.481 e. The fourth-order valence-corrected chi connectivity index (χ4v) is 1.36. The van der Waals surface area contributed by atoms with E-state index in [1.807, 2.05) is 0 Å². The van der Waals surface area contributed by atoms with E-state index in [1.165, 1.54) is 7.05 Å². The highest BCUT2D eigenvalue weighted by atomic mass is 16.4. The highest BCUT2D eigenvalue weighted by Gasteiger charge is 2.25. The number of carbonyl (C=O) groups is 3. The summed E-state index contributed by atoms with van der Waals surface area (Å²) in [5.41, 5.74) is 5.55. The molecule has 0 aromatic heterocycles. The average molecular weight is 259 g/mol. The number of carboxylic acids is 1. The Balaban J connectivity index is 4.41. The molecule has 1 unspecified atom stereocenters. The lowest BCUT2D eigenvalue weighted by molar-refractivity contribution is -0.137. The number of nitrogens with one attached hydrogen (secondary N) is 2. The molecule has 0 aliphatic heterocycles. The molecule has 5 N–H and O–H groups in total. The predicted molar refractivity (Wildman–Crippen MR) is 65.7 cm³/mol. The largest absolute Gasteiger partial charge is 0.481 e. The van der Waals surface area contributed by atoms with E-state index in [0.717, 1.165) is 0 Å². The van der Waals surface area contributed by atoms with Crippen molar-refractivity contribution in [3.63, 3.8) is 0 Å². The van der Waals surface area contributed by atoms with E-state index in [0.29, 0.717) is 0 Å². The smallest absolute Gasteiger partial charge is 0.303 e. The molecule has 0 aromatic rings. The van der Waals surface area contributed by atoms with Crippen molar-refractivity contribution < 1.29 is 19.5 Å². The molecule has 0 rings (SSSR count). The maximum atomic E-state index is 11.7. The van der Waals surface area contributed by atoms with Gasteiger partial charge in [0, 0.05) is 13.5 Å². The van der Waals surface area contributed by atoms with Gasteiger partial charge in [0.2, 0.25) is 11.8 Å². The van der Waals surface area contributed by atoms with E-state index in [9.17, 15) is 14.4 Å². The third-order valence-electron chi connectivity index (χ3n) is 2.50. The molecule has 0 heterocycles. The molecule has 0 saturated heterocycles. The first-order chi connectivity index (χ1) is 8.29. The highest BCUT2D eigenvalue weighted by molar-refractivity contribution is 5.89.